The number of halogens is 4. The van der Waals surface area contributed by atoms with Crippen LogP contribution in [0.1, 0.15) is 5.56 Å². The van der Waals surface area contributed by atoms with E-state index in [0.29, 0.717) is 0 Å². The molecule has 7 heteroatoms. The van der Waals surface area contributed by atoms with Crippen LogP contribution in [0, 0.1) is 11.3 Å². The zero-order chi connectivity index (χ0) is 10.8. The zero-order valence-electron chi connectivity index (χ0n) is 6.47. The summed E-state index contributed by atoms with van der Waals surface area (Å²) in [5, 5.41) is 8.38. The second kappa shape index (κ2) is 3.72. The van der Waals surface area contributed by atoms with Crippen molar-refractivity contribution in [3.05, 3.63) is 23.0 Å². The van der Waals surface area contributed by atoms with Crippen LogP contribution in [0.15, 0.2) is 12.3 Å². The molecule has 0 bridgehead atoms. The molecule has 0 amide bonds. The number of hydrogen-bond donors (Lipinski definition) is 0. The Labute approximate surface area is 81.7 Å². The highest BCUT2D eigenvalue weighted by Gasteiger charge is 2.32. The predicted molar refractivity (Wildman–Crippen MR) is 40.6 cm³/mol. The average Bonchev–Trinajstić information content (AvgIpc) is 2.06. The van der Waals surface area contributed by atoms with Gasteiger partial charge in [-0.3, -0.25) is 0 Å². The van der Waals surface area contributed by atoms with Crippen LogP contribution in [0.5, 0.6) is 5.75 Å². The van der Waals surface area contributed by atoms with Crippen molar-refractivity contribution in [1.29, 1.82) is 5.26 Å². The van der Waals surface area contributed by atoms with Crippen LogP contribution < -0.4 is 4.74 Å². The smallest absolute Gasteiger partial charge is 0.403 e. The molecular formula is C7H2ClF3N2O. The zero-order valence-corrected chi connectivity index (χ0v) is 7.23. The van der Waals surface area contributed by atoms with Gasteiger partial charge in [-0.1, -0.05) is 11.6 Å². The van der Waals surface area contributed by atoms with Crippen LogP contribution in [0.4, 0.5) is 13.2 Å². The molecule has 0 fully saturated rings. The third-order valence-electron chi connectivity index (χ3n) is 1.18. The summed E-state index contributed by atoms with van der Waals surface area (Å²) in [5.41, 5.74) is -0.317. The molecule has 0 N–H and O–H groups in total. The third kappa shape index (κ3) is 2.78. The highest BCUT2D eigenvalue weighted by molar-refractivity contribution is 6.29. The summed E-state index contributed by atoms with van der Waals surface area (Å²) >= 11 is 5.37. The predicted octanol–water partition coefficient (Wildman–Crippen LogP) is 2.51. The minimum atomic E-state index is -4.85. The number of rotatable bonds is 1. The fourth-order valence-corrected chi connectivity index (χ4v) is 0.869. The first-order valence-electron chi connectivity index (χ1n) is 3.24. The maximum Gasteiger partial charge on any atom is 0.573 e. The number of alkyl halides is 3. The number of nitriles is 1. The lowest BCUT2D eigenvalue weighted by Crippen LogP contribution is -2.18. The standard InChI is InChI=1S/C7H2ClF3N2O/c8-6-1-4(2-12)5(3-13-6)14-7(9,10)11/h1,3H. The van der Waals surface area contributed by atoms with Crippen LogP contribution in [-0.4, -0.2) is 11.3 Å². The Kier molecular flexibility index (Phi) is 2.81. The molecule has 1 heterocycles. The fourth-order valence-electron chi connectivity index (χ4n) is 0.711. The van der Waals surface area contributed by atoms with E-state index in [1.807, 2.05) is 0 Å². The lowest BCUT2D eigenvalue weighted by atomic mass is 10.3. The van der Waals surface area contributed by atoms with Gasteiger partial charge in [0.25, 0.3) is 0 Å². The van der Waals surface area contributed by atoms with Gasteiger partial charge in [0.05, 0.1) is 11.8 Å². The van der Waals surface area contributed by atoms with Crippen molar-refractivity contribution in [1.82, 2.24) is 4.98 Å². The van der Waals surface area contributed by atoms with Gasteiger partial charge in [0.2, 0.25) is 0 Å². The molecule has 0 aliphatic carbocycles. The summed E-state index contributed by atoms with van der Waals surface area (Å²) in [5.74, 6) is -0.663. The number of ether oxygens (including phenoxy) is 1. The summed E-state index contributed by atoms with van der Waals surface area (Å²) in [6, 6.07) is 2.50. The molecule has 0 aliphatic rings. The van der Waals surface area contributed by atoms with Crippen LogP contribution in [-0.2, 0) is 0 Å². The van der Waals surface area contributed by atoms with Crippen LogP contribution in [0.2, 0.25) is 5.15 Å². The molecule has 0 spiro atoms. The van der Waals surface area contributed by atoms with E-state index in [4.69, 9.17) is 16.9 Å². The van der Waals surface area contributed by atoms with Crippen LogP contribution in [0.3, 0.4) is 0 Å². The first kappa shape index (κ1) is 10.6. The summed E-state index contributed by atoms with van der Waals surface area (Å²) in [7, 11) is 0. The number of pyridine rings is 1. The van der Waals surface area contributed by atoms with E-state index in [1.165, 1.54) is 6.07 Å². The Balaban J connectivity index is 3.05. The maximum absolute atomic E-state index is 11.8. The van der Waals surface area contributed by atoms with Gasteiger partial charge in [-0.15, -0.1) is 13.2 Å². The summed E-state index contributed by atoms with van der Waals surface area (Å²) in [4.78, 5) is 3.36. The molecule has 0 saturated carbocycles. The number of aromatic nitrogens is 1. The molecule has 1 aromatic heterocycles. The minimum absolute atomic E-state index is 0.0731. The average molecular weight is 223 g/mol. The maximum atomic E-state index is 11.8. The van der Waals surface area contributed by atoms with Crippen molar-refractivity contribution < 1.29 is 17.9 Å². The molecule has 0 atom stereocenters. The van der Waals surface area contributed by atoms with E-state index in [2.05, 4.69) is 9.72 Å². The van der Waals surface area contributed by atoms with E-state index >= 15 is 0 Å². The second-order valence-corrected chi connectivity index (χ2v) is 2.55. The molecule has 14 heavy (non-hydrogen) atoms. The van der Waals surface area contributed by atoms with Gasteiger partial charge in [-0.25, -0.2) is 4.98 Å². The molecule has 0 aliphatic heterocycles. The van der Waals surface area contributed by atoms with Crippen LogP contribution in [0.25, 0.3) is 0 Å². The molecule has 0 unspecified atom stereocenters. The lowest BCUT2D eigenvalue weighted by Gasteiger charge is -2.09. The second-order valence-electron chi connectivity index (χ2n) is 2.16. The number of hydrogen-bond acceptors (Lipinski definition) is 3. The third-order valence-corrected chi connectivity index (χ3v) is 1.39. The van der Waals surface area contributed by atoms with Gasteiger partial charge in [-0.05, 0) is 6.07 Å². The van der Waals surface area contributed by atoms with Gasteiger partial charge < -0.3 is 4.74 Å². The minimum Gasteiger partial charge on any atom is -0.403 e. The van der Waals surface area contributed by atoms with Crippen molar-refractivity contribution in [2.75, 3.05) is 0 Å². The summed E-state index contributed by atoms with van der Waals surface area (Å²) in [6.07, 6.45) is -4.10. The molecule has 1 rings (SSSR count). The molecular weight excluding hydrogens is 221 g/mol. The van der Waals surface area contributed by atoms with Crippen molar-refractivity contribution in [2.45, 2.75) is 6.36 Å². The first-order chi connectivity index (χ1) is 6.42. The quantitative estimate of drug-likeness (QED) is 0.686. The summed E-state index contributed by atoms with van der Waals surface area (Å²) in [6.45, 7) is 0. The normalized spacial score (nSPS) is 10.8. The summed E-state index contributed by atoms with van der Waals surface area (Å²) < 4.78 is 38.8. The first-order valence-corrected chi connectivity index (χ1v) is 3.61. The van der Waals surface area contributed by atoms with Crippen molar-refractivity contribution in [2.24, 2.45) is 0 Å². The Morgan fingerprint density at radius 2 is 2.14 bits per heavy atom. The SMILES string of the molecule is N#Cc1cc(Cl)ncc1OC(F)(F)F. The fraction of sp³-hybridized carbons (Fsp3) is 0.143. The monoisotopic (exact) mass is 222 g/mol. The largest absolute Gasteiger partial charge is 0.573 e. The molecule has 0 aromatic carbocycles. The number of nitrogens with zero attached hydrogens (tertiary/aromatic N) is 2. The van der Waals surface area contributed by atoms with Crippen molar-refractivity contribution >= 4 is 11.6 Å². The van der Waals surface area contributed by atoms with Gasteiger partial charge in [0, 0.05) is 0 Å². The molecule has 3 nitrogen and oxygen atoms in total. The van der Waals surface area contributed by atoms with Gasteiger partial charge in [0.15, 0.2) is 5.75 Å². The highest BCUT2D eigenvalue weighted by Crippen LogP contribution is 2.26. The van der Waals surface area contributed by atoms with E-state index in [9.17, 15) is 13.2 Å². The van der Waals surface area contributed by atoms with Gasteiger partial charge >= 0.3 is 6.36 Å². The highest BCUT2D eigenvalue weighted by atomic mass is 35.5. The molecule has 0 saturated heterocycles. The van der Waals surface area contributed by atoms with Crippen molar-refractivity contribution in [3.8, 4) is 11.8 Å². The molecule has 1 aromatic rings. The van der Waals surface area contributed by atoms with E-state index in [1.54, 1.807) is 0 Å². The Hall–Kier alpha value is -1.48. The Bertz CT molecular complexity index is 386. The molecule has 0 radical (unpaired) electrons. The molecule has 74 valence electrons. The van der Waals surface area contributed by atoms with Crippen molar-refractivity contribution in [3.63, 3.8) is 0 Å². The van der Waals surface area contributed by atoms with Crippen LogP contribution >= 0.6 is 11.6 Å². The van der Waals surface area contributed by atoms with E-state index < -0.39 is 12.1 Å². The Morgan fingerprint density at radius 3 is 2.64 bits per heavy atom. The van der Waals surface area contributed by atoms with E-state index in [0.717, 1.165) is 12.3 Å². The van der Waals surface area contributed by atoms with E-state index in [-0.39, 0.29) is 10.7 Å². The van der Waals surface area contributed by atoms with Gasteiger partial charge in [-0.2, -0.15) is 5.26 Å². The topological polar surface area (TPSA) is 45.9 Å². The van der Waals surface area contributed by atoms with Gasteiger partial charge in [0.1, 0.15) is 11.2 Å². The lowest BCUT2D eigenvalue weighted by molar-refractivity contribution is -0.274. The Morgan fingerprint density at radius 1 is 1.50 bits per heavy atom.